The van der Waals surface area contributed by atoms with Crippen molar-refractivity contribution in [1.82, 2.24) is 14.4 Å². The van der Waals surface area contributed by atoms with Crippen LogP contribution in [0.15, 0.2) is 57.9 Å². The van der Waals surface area contributed by atoms with Crippen molar-refractivity contribution in [2.45, 2.75) is 25.3 Å². The fourth-order valence-corrected chi connectivity index (χ4v) is 4.72. The third kappa shape index (κ3) is 4.69. The van der Waals surface area contributed by atoms with E-state index >= 15 is 0 Å². The normalized spacial score (nSPS) is 11.6. The Morgan fingerprint density at radius 3 is 2.50 bits per heavy atom. The molecule has 0 atom stereocenters. The van der Waals surface area contributed by atoms with Crippen LogP contribution in [-0.4, -0.2) is 41.9 Å². The molecular weight excluding hydrogens is 430 g/mol. The molecule has 158 valence electrons. The number of carbonyl (C=O) groups excluding carboxylic acids is 1. The van der Waals surface area contributed by atoms with Gasteiger partial charge in [0, 0.05) is 18.7 Å². The summed E-state index contributed by atoms with van der Waals surface area (Å²) in [6, 6.07) is 13.2. The second kappa shape index (κ2) is 9.38. The van der Waals surface area contributed by atoms with Gasteiger partial charge in [0.05, 0.1) is 10.6 Å². The second-order valence-electron chi connectivity index (χ2n) is 6.19. The van der Waals surface area contributed by atoms with Crippen molar-refractivity contribution in [2.24, 2.45) is 0 Å². The van der Waals surface area contributed by atoms with Gasteiger partial charge in [-0.15, -0.1) is 0 Å². The Bertz CT molecular complexity index is 1130. The van der Waals surface area contributed by atoms with Crippen LogP contribution in [0.5, 0.6) is 0 Å². The highest BCUT2D eigenvalue weighted by molar-refractivity contribution is 7.89. The quantitative estimate of drug-likeness (QED) is 0.482. The smallest absolute Gasteiger partial charge is 0.338 e. The Hall–Kier alpha value is -2.75. The van der Waals surface area contributed by atoms with Crippen molar-refractivity contribution in [2.75, 3.05) is 13.1 Å². The molecule has 0 amide bonds. The Kier molecular flexibility index (Phi) is 6.86. The van der Waals surface area contributed by atoms with Gasteiger partial charge in [-0.3, -0.25) is 0 Å². The minimum absolute atomic E-state index is 0.0304. The molecular formula is C20H20ClN3O5S. The number of hydrogen-bond acceptors (Lipinski definition) is 7. The van der Waals surface area contributed by atoms with Gasteiger partial charge in [0.2, 0.25) is 15.8 Å². The molecule has 0 fully saturated rings. The molecule has 8 nitrogen and oxygen atoms in total. The Balaban J connectivity index is 1.74. The predicted octanol–water partition coefficient (Wildman–Crippen LogP) is 3.78. The molecule has 0 saturated carbocycles. The summed E-state index contributed by atoms with van der Waals surface area (Å²) >= 11 is 6.09. The second-order valence-corrected chi connectivity index (χ2v) is 8.50. The third-order valence-electron chi connectivity index (χ3n) is 4.32. The number of rotatable bonds is 8. The van der Waals surface area contributed by atoms with Gasteiger partial charge < -0.3 is 9.26 Å². The molecule has 30 heavy (non-hydrogen) atoms. The maximum atomic E-state index is 12.8. The first-order chi connectivity index (χ1) is 14.4. The molecule has 1 aromatic heterocycles. The summed E-state index contributed by atoms with van der Waals surface area (Å²) in [5.74, 6) is -0.241. The number of ether oxygens (including phenoxy) is 1. The standard InChI is InChI=1S/C20H20ClN3O5S/c1-3-24(4-2)30(26,27)17-12-15(10-11-16(17)21)20(25)28-13-18-22-19(23-29-18)14-8-6-5-7-9-14/h5-12H,3-4,13H2,1-2H3. The molecule has 0 aliphatic heterocycles. The van der Waals surface area contributed by atoms with Gasteiger partial charge in [-0.25, -0.2) is 13.2 Å². The van der Waals surface area contributed by atoms with Gasteiger partial charge in [-0.1, -0.05) is 60.9 Å². The van der Waals surface area contributed by atoms with E-state index in [1.807, 2.05) is 30.3 Å². The lowest BCUT2D eigenvalue weighted by atomic mass is 10.2. The summed E-state index contributed by atoms with van der Waals surface area (Å²) in [5, 5.41) is 3.88. The van der Waals surface area contributed by atoms with E-state index in [4.69, 9.17) is 20.9 Å². The molecule has 0 N–H and O–H groups in total. The van der Waals surface area contributed by atoms with Crippen LogP contribution >= 0.6 is 11.6 Å². The topological polar surface area (TPSA) is 103 Å². The van der Waals surface area contributed by atoms with Crippen LogP contribution in [0.3, 0.4) is 0 Å². The Labute approximate surface area is 179 Å². The van der Waals surface area contributed by atoms with E-state index in [1.54, 1.807) is 13.8 Å². The zero-order chi connectivity index (χ0) is 21.7. The number of hydrogen-bond donors (Lipinski definition) is 0. The lowest BCUT2D eigenvalue weighted by Gasteiger charge is -2.19. The van der Waals surface area contributed by atoms with E-state index in [2.05, 4.69) is 10.1 Å². The summed E-state index contributed by atoms with van der Waals surface area (Å²) in [6.45, 7) is 3.76. The highest BCUT2D eigenvalue weighted by Gasteiger charge is 2.26. The summed E-state index contributed by atoms with van der Waals surface area (Å²) < 4.78 is 37.1. The van der Waals surface area contributed by atoms with Gasteiger partial charge >= 0.3 is 5.97 Å². The van der Waals surface area contributed by atoms with Crippen molar-refractivity contribution in [3.63, 3.8) is 0 Å². The van der Waals surface area contributed by atoms with Crippen LogP contribution in [-0.2, 0) is 21.4 Å². The molecule has 0 bridgehead atoms. The van der Waals surface area contributed by atoms with Crippen LogP contribution in [0.25, 0.3) is 11.4 Å². The molecule has 3 aromatic rings. The van der Waals surface area contributed by atoms with Crippen molar-refractivity contribution in [1.29, 1.82) is 0 Å². The Morgan fingerprint density at radius 1 is 1.13 bits per heavy atom. The van der Waals surface area contributed by atoms with Crippen LogP contribution < -0.4 is 0 Å². The van der Waals surface area contributed by atoms with Gasteiger partial charge in [0.1, 0.15) is 4.90 Å². The summed E-state index contributed by atoms with van der Waals surface area (Å²) in [4.78, 5) is 16.5. The van der Waals surface area contributed by atoms with E-state index < -0.39 is 16.0 Å². The number of esters is 1. The van der Waals surface area contributed by atoms with Gasteiger partial charge in [0.25, 0.3) is 5.89 Å². The number of sulfonamides is 1. The fraction of sp³-hybridized carbons (Fsp3) is 0.250. The summed E-state index contributed by atoms with van der Waals surface area (Å²) in [6.07, 6.45) is 0. The first-order valence-electron chi connectivity index (χ1n) is 9.21. The van der Waals surface area contributed by atoms with E-state index in [0.717, 1.165) is 5.56 Å². The molecule has 0 aliphatic rings. The fourth-order valence-electron chi connectivity index (χ4n) is 2.76. The molecule has 10 heteroatoms. The van der Waals surface area contributed by atoms with Crippen molar-refractivity contribution in [3.8, 4) is 11.4 Å². The monoisotopic (exact) mass is 449 g/mol. The zero-order valence-electron chi connectivity index (χ0n) is 16.4. The van der Waals surface area contributed by atoms with E-state index in [0.29, 0.717) is 5.82 Å². The first-order valence-corrected chi connectivity index (χ1v) is 11.0. The lowest BCUT2D eigenvalue weighted by molar-refractivity contribution is 0.0429. The number of aromatic nitrogens is 2. The number of carbonyl (C=O) groups is 1. The average Bonchev–Trinajstić information content (AvgIpc) is 3.22. The molecule has 0 saturated heterocycles. The van der Waals surface area contributed by atoms with Crippen LogP contribution in [0.4, 0.5) is 0 Å². The van der Waals surface area contributed by atoms with Crippen molar-refractivity contribution in [3.05, 3.63) is 65.0 Å². The summed E-state index contributed by atoms with van der Waals surface area (Å²) in [5.41, 5.74) is 0.815. The van der Waals surface area contributed by atoms with Gasteiger partial charge in [0.15, 0.2) is 6.61 Å². The molecule has 0 unspecified atom stereocenters. The Morgan fingerprint density at radius 2 is 1.83 bits per heavy atom. The van der Waals surface area contributed by atoms with E-state index in [-0.39, 0.29) is 41.1 Å². The van der Waals surface area contributed by atoms with Gasteiger partial charge in [-0.2, -0.15) is 9.29 Å². The van der Waals surface area contributed by atoms with E-state index in [1.165, 1.54) is 22.5 Å². The van der Waals surface area contributed by atoms with Crippen LogP contribution in [0.1, 0.15) is 30.1 Å². The molecule has 0 radical (unpaired) electrons. The number of nitrogens with zero attached hydrogens (tertiary/aromatic N) is 3. The average molecular weight is 450 g/mol. The minimum Gasteiger partial charge on any atom is -0.452 e. The predicted molar refractivity (Wildman–Crippen MR) is 110 cm³/mol. The lowest BCUT2D eigenvalue weighted by Crippen LogP contribution is -2.31. The summed E-state index contributed by atoms with van der Waals surface area (Å²) in [7, 11) is -3.83. The first kappa shape index (κ1) is 21.9. The van der Waals surface area contributed by atoms with Crippen molar-refractivity contribution < 1.29 is 22.5 Å². The van der Waals surface area contributed by atoms with Crippen LogP contribution in [0, 0.1) is 0 Å². The molecule has 0 spiro atoms. The van der Waals surface area contributed by atoms with E-state index in [9.17, 15) is 13.2 Å². The maximum Gasteiger partial charge on any atom is 0.338 e. The highest BCUT2D eigenvalue weighted by Crippen LogP contribution is 2.26. The molecule has 3 rings (SSSR count). The molecule has 0 aliphatic carbocycles. The SMILES string of the molecule is CCN(CC)S(=O)(=O)c1cc(C(=O)OCc2nc(-c3ccccc3)no2)ccc1Cl. The van der Waals surface area contributed by atoms with Crippen molar-refractivity contribution >= 4 is 27.6 Å². The molecule has 2 aromatic carbocycles. The number of benzene rings is 2. The minimum atomic E-state index is -3.83. The number of halogens is 1. The molecule has 1 heterocycles. The van der Waals surface area contributed by atoms with Crippen LogP contribution in [0.2, 0.25) is 5.02 Å². The largest absolute Gasteiger partial charge is 0.452 e. The zero-order valence-corrected chi connectivity index (χ0v) is 18.0. The van der Waals surface area contributed by atoms with Gasteiger partial charge in [-0.05, 0) is 18.2 Å². The third-order valence-corrected chi connectivity index (χ3v) is 6.85. The maximum absolute atomic E-state index is 12.8. The highest BCUT2D eigenvalue weighted by atomic mass is 35.5.